The van der Waals surface area contributed by atoms with Crippen molar-refractivity contribution >= 4 is 10.0 Å². The first-order chi connectivity index (χ1) is 10.5. The number of likely N-dealkylation sites (tertiary alicyclic amines) is 1. The average Bonchev–Trinajstić information content (AvgIpc) is 3.11. The lowest BCUT2D eigenvalue weighted by Crippen LogP contribution is -2.39. The van der Waals surface area contributed by atoms with E-state index < -0.39 is 10.0 Å². The Balaban J connectivity index is 1.64. The van der Waals surface area contributed by atoms with E-state index >= 15 is 0 Å². The van der Waals surface area contributed by atoms with Gasteiger partial charge in [0.2, 0.25) is 5.09 Å². The van der Waals surface area contributed by atoms with E-state index in [0.29, 0.717) is 6.54 Å². The molecule has 2 aromatic rings. The Kier molecular flexibility index (Phi) is 4.33. The van der Waals surface area contributed by atoms with Gasteiger partial charge in [0, 0.05) is 25.7 Å². The van der Waals surface area contributed by atoms with Gasteiger partial charge in [-0.3, -0.25) is 4.90 Å². The second-order valence-electron chi connectivity index (χ2n) is 5.82. The molecular formula is C16H20N2O3S. The lowest BCUT2D eigenvalue weighted by atomic mass is 10.1. The van der Waals surface area contributed by atoms with Gasteiger partial charge in [-0.1, -0.05) is 37.3 Å². The van der Waals surface area contributed by atoms with E-state index in [0.717, 1.165) is 13.1 Å². The van der Waals surface area contributed by atoms with Crippen molar-refractivity contribution in [2.24, 2.45) is 5.92 Å². The Morgan fingerprint density at radius 2 is 1.95 bits per heavy atom. The highest BCUT2D eigenvalue weighted by Gasteiger charge is 2.33. The first kappa shape index (κ1) is 15.3. The van der Waals surface area contributed by atoms with Crippen LogP contribution in [-0.2, 0) is 16.6 Å². The lowest BCUT2D eigenvalue weighted by molar-refractivity contribution is 0.318. The van der Waals surface area contributed by atoms with E-state index in [9.17, 15) is 8.42 Å². The molecule has 0 amide bonds. The summed E-state index contributed by atoms with van der Waals surface area (Å²) < 4.78 is 32.2. The first-order valence-electron chi connectivity index (χ1n) is 7.37. The van der Waals surface area contributed by atoms with E-state index in [1.165, 1.54) is 17.9 Å². The van der Waals surface area contributed by atoms with Gasteiger partial charge in [-0.15, -0.1) is 0 Å². The zero-order valence-corrected chi connectivity index (χ0v) is 13.3. The molecule has 1 aromatic carbocycles. The van der Waals surface area contributed by atoms with Crippen LogP contribution in [0.5, 0.6) is 0 Å². The molecule has 3 rings (SSSR count). The van der Waals surface area contributed by atoms with E-state index in [4.69, 9.17) is 4.42 Å². The number of furan rings is 1. The van der Waals surface area contributed by atoms with Crippen LogP contribution >= 0.6 is 0 Å². The molecule has 5 nitrogen and oxygen atoms in total. The zero-order valence-electron chi connectivity index (χ0n) is 12.5. The topological polar surface area (TPSA) is 62.6 Å². The van der Waals surface area contributed by atoms with Gasteiger partial charge < -0.3 is 4.42 Å². The highest BCUT2D eigenvalue weighted by Crippen LogP contribution is 2.21. The van der Waals surface area contributed by atoms with Crippen LogP contribution in [0.15, 0.2) is 58.2 Å². The number of nitrogens with one attached hydrogen (secondary N) is 1. The molecule has 6 heteroatoms. The molecule has 2 heterocycles. The number of nitrogens with zero attached hydrogens (tertiary/aromatic N) is 1. The van der Waals surface area contributed by atoms with Crippen LogP contribution in [0.2, 0.25) is 0 Å². The molecule has 0 bridgehead atoms. The summed E-state index contributed by atoms with van der Waals surface area (Å²) in [4.78, 5) is 2.27. The number of rotatable bonds is 5. The zero-order chi connectivity index (χ0) is 15.6. The smallest absolute Gasteiger partial charge is 0.274 e. The third-order valence-corrected chi connectivity index (χ3v) is 5.38. The molecule has 2 atom stereocenters. The van der Waals surface area contributed by atoms with Crippen LogP contribution < -0.4 is 4.72 Å². The van der Waals surface area contributed by atoms with Crippen LogP contribution in [0.25, 0.3) is 0 Å². The van der Waals surface area contributed by atoms with Gasteiger partial charge in [0.05, 0.1) is 6.26 Å². The highest BCUT2D eigenvalue weighted by molar-refractivity contribution is 7.89. The maximum atomic E-state index is 12.2. The summed E-state index contributed by atoms with van der Waals surface area (Å²) in [7, 11) is -3.57. The molecule has 118 valence electrons. The molecule has 1 aliphatic rings. The van der Waals surface area contributed by atoms with Crippen LogP contribution in [0.4, 0.5) is 0 Å². The highest BCUT2D eigenvalue weighted by atomic mass is 32.2. The second-order valence-corrected chi connectivity index (χ2v) is 7.46. The molecule has 1 N–H and O–H groups in total. The van der Waals surface area contributed by atoms with E-state index in [-0.39, 0.29) is 17.1 Å². The standard InChI is InChI=1S/C16H20N2O3S/c1-13-10-18(11-14-6-3-2-4-7-14)12-15(13)17-22(19,20)16-8-5-9-21-16/h2-9,13,15,17H,10-12H2,1H3. The van der Waals surface area contributed by atoms with Crippen LogP contribution in [-0.4, -0.2) is 32.4 Å². The fraction of sp³-hybridized carbons (Fsp3) is 0.375. The van der Waals surface area contributed by atoms with Crippen molar-refractivity contribution in [2.75, 3.05) is 13.1 Å². The van der Waals surface area contributed by atoms with E-state index in [2.05, 4.69) is 28.7 Å². The molecule has 0 aliphatic carbocycles. The summed E-state index contributed by atoms with van der Waals surface area (Å²) in [5.41, 5.74) is 1.24. The minimum atomic E-state index is -3.57. The molecule has 0 saturated carbocycles. The quantitative estimate of drug-likeness (QED) is 0.916. The summed E-state index contributed by atoms with van der Waals surface area (Å²) in [6.07, 6.45) is 1.37. The van der Waals surface area contributed by atoms with E-state index in [1.807, 2.05) is 18.2 Å². The molecule has 0 spiro atoms. The van der Waals surface area contributed by atoms with Crippen molar-refractivity contribution in [2.45, 2.75) is 24.6 Å². The van der Waals surface area contributed by atoms with Crippen LogP contribution in [0, 0.1) is 5.92 Å². The van der Waals surface area contributed by atoms with Crippen LogP contribution in [0.1, 0.15) is 12.5 Å². The van der Waals surface area contributed by atoms with Gasteiger partial charge in [-0.05, 0) is 23.6 Å². The predicted molar refractivity (Wildman–Crippen MR) is 83.7 cm³/mol. The van der Waals surface area contributed by atoms with Gasteiger partial charge in [-0.2, -0.15) is 0 Å². The Labute approximate surface area is 131 Å². The van der Waals surface area contributed by atoms with Crippen molar-refractivity contribution in [1.82, 2.24) is 9.62 Å². The molecule has 2 unspecified atom stereocenters. The number of hydrogen-bond donors (Lipinski definition) is 1. The Hall–Kier alpha value is -1.63. The molecule has 0 radical (unpaired) electrons. The van der Waals surface area contributed by atoms with Gasteiger partial charge in [0.1, 0.15) is 0 Å². The fourth-order valence-corrected chi connectivity index (χ4v) is 4.13. The minimum absolute atomic E-state index is 0.0267. The maximum Gasteiger partial charge on any atom is 0.274 e. The fourth-order valence-electron chi connectivity index (χ4n) is 2.87. The largest absolute Gasteiger partial charge is 0.452 e. The van der Waals surface area contributed by atoms with Crippen molar-refractivity contribution in [1.29, 1.82) is 0 Å². The van der Waals surface area contributed by atoms with Gasteiger partial charge in [0.25, 0.3) is 10.0 Å². The molecule has 1 aromatic heterocycles. The second kappa shape index (κ2) is 6.24. The van der Waals surface area contributed by atoms with Gasteiger partial charge >= 0.3 is 0 Å². The van der Waals surface area contributed by atoms with Crippen molar-refractivity contribution in [3.8, 4) is 0 Å². The molecule has 1 saturated heterocycles. The lowest BCUT2D eigenvalue weighted by Gasteiger charge is -2.16. The van der Waals surface area contributed by atoms with Gasteiger partial charge in [-0.25, -0.2) is 13.1 Å². The number of sulfonamides is 1. The minimum Gasteiger partial charge on any atom is -0.452 e. The third-order valence-electron chi connectivity index (χ3n) is 4.00. The SMILES string of the molecule is CC1CN(Cc2ccccc2)CC1NS(=O)(=O)c1ccco1. The summed E-state index contributed by atoms with van der Waals surface area (Å²) >= 11 is 0. The summed E-state index contributed by atoms with van der Waals surface area (Å²) in [5, 5.41) is -0.0267. The predicted octanol–water partition coefficient (Wildman–Crippen LogP) is 2.08. The number of benzene rings is 1. The summed E-state index contributed by atoms with van der Waals surface area (Å²) in [5.74, 6) is 0.258. The van der Waals surface area contributed by atoms with Crippen molar-refractivity contribution in [3.05, 3.63) is 54.3 Å². The third kappa shape index (κ3) is 3.40. The molecule has 1 fully saturated rings. The van der Waals surface area contributed by atoms with Gasteiger partial charge in [0.15, 0.2) is 0 Å². The van der Waals surface area contributed by atoms with E-state index in [1.54, 1.807) is 6.07 Å². The normalized spacial score (nSPS) is 23.0. The first-order valence-corrected chi connectivity index (χ1v) is 8.85. The summed E-state index contributed by atoms with van der Waals surface area (Å²) in [6.45, 7) is 4.49. The molecular weight excluding hydrogens is 300 g/mol. The van der Waals surface area contributed by atoms with Crippen molar-refractivity contribution < 1.29 is 12.8 Å². The average molecular weight is 320 g/mol. The van der Waals surface area contributed by atoms with Crippen molar-refractivity contribution in [3.63, 3.8) is 0 Å². The summed E-state index contributed by atoms with van der Waals surface area (Å²) in [6, 6.07) is 13.2. The molecule has 1 aliphatic heterocycles. The van der Waals surface area contributed by atoms with Crippen LogP contribution in [0.3, 0.4) is 0 Å². The Bertz CT molecular complexity index is 698. The maximum absolute atomic E-state index is 12.2. The Morgan fingerprint density at radius 3 is 2.64 bits per heavy atom. The number of hydrogen-bond acceptors (Lipinski definition) is 4. The monoisotopic (exact) mass is 320 g/mol. The Morgan fingerprint density at radius 1 is 1.18 bits per heavy atom. The molecule has 22 heavy (non-hydrogen) atoms.